The van der Waals surface area contributed by atoms with Gasteiger partial charge in [-0.15, -0.1) is 0 Å². The van der Waals surface area contributed by atoms with E-state index in [2.05, 4.69) is 35.3 Å². The van der Waals surface area contributed by atoms with E-state index in [-0.39, 0.29) is 0 Å². The number of fused-ring (bicyclic) bond motifs is 5. The van der Waals surface area contributed by atoms with Gasteiger partial charge in [0.15, 0.2) is 0 Å². The third kappa shape index (κ3) is 4.89. The molecule has 36 heavy (non-hydrogen) atoms. The van der Waals surface area contributed by atoms with Crippen molar-refractivity contribution in [3.05, 3.63) is 53.1 Å². The number of aryl methyl sites for hydroxylation is 2. The molecule has 1 amide bonds. The summed E-state index contributed by atoms with van der Waals surface area (Å²) in [4.78, 5) is 12.9. The quantitative estimate of drug-likeness (QED) is 0.412. The SMILES string of the molecule is CCCC(CCC)c1c2n(c3cc(C(=O)NS(=O)(=O)N(C)C)ccc13)CCCc1cc(OC)ccc1-2. The lowest BCUT2D eigenvalue weighted by atomic mass is 9.85. The lowest BCUT2D eigenvalue weighted by Crippen LogP contribution is -2.39. The zero-order valence-electron chi connectivity index (χ0n) is 21.9. The van der Waals surface area contributed by atoms with Crippen LogP contribution in [0.3, 0.4) is 0 Å². The van der Waals surface area contributed by atoms with Crippen molar-refractivity contribution in [1.82, 2.24) is 13.6 Å². The summed E-state index contributed by atoms with van der Waals surface area (Å²) in [5.41, 5.74) is 6.38. The second-order valence-corrected chi connectivity index (χ2v) is 11.6. The van der Waals surface area contributed by atoms with Gasteiger partial charge in [0, 0.05) is 42.7 Å². The van der Waals surface area contributed by atoms with E-state index in [0.717, 1.165) is 66.0 Å². The maximum absolute atomic E-state index is 12.9. The Hall–Kier alpha value is -2.84. The largest absolute Gasteiger partial charge is 0.497 e. The Kier molecular flexibility index (Phi) is 7.76. The third-order valence-corrected chi connectivity index (χ3v) is 8.55. The average molecular weight is 512 g/mol. The van der Waals surface area contributed by atoms with Gasteiger partial charge < -0.3 is 9.30 Å². The van der Waals surface area contributed by atoms with Crippen LogP contribution in [0.15, 0.2) is 36.4 Å². The maximum Gasteiger partial charge on any atom is 0.303 e. The van der Waals surface area contributed by atoms with Crippen molar-refractivity contribution >= 4 is 27.0 Å². The lowest BCUT2D eigenvalue weighted by molar-refractivity contribution is 0.0980. The number of nitrogens with zero attached hydrogens (tertiary/aromatic N) is 2. The molecule has 0 aliphatic carbocycles. The van der Waals surface area contributed by atoms with E-state index in [9.17, 15) is 13.2 Å². The Labute approximate surface area is 214 Å². The molecule has 0 unspecified atom stereocenters. The van der Waals surface area contributed by atoms with Gasteiger partial charge in [0.25, 0.3) is 5.91 Å². The highest BCUT2D eigenvalue weighted by molar-refractivity contribution is 7.87. The molecule has 0 spiro atoms. The third-order valence-electron chi connectivity index (χ3n) is 7.15. The van der Waals surface area contributed by atoms with Crippen molar-refractivity contribution in [3.63, 3.8) is 0 Å². The van der Waals surface area contributed by atoms with Crippen LogP contribution in [0.1, 0.15) is 73.4 Å². The number of ether oxygens (including phenoxy) is 1. The number of nitrogens with one attached hydrogen (secondary N) is 1. The molecule has 0 atom stereocenters. The molecular weight excluding hydrogens is 474 g/mol. The first-order valence-corrected chi connectivity index (χ1v) is 14.2. The van der Waals surface area contributed by atoms with Gasteiger partial charge in [0.1, 0.15) is 5.75 Å². The number of methoxy groups -OCH3 is 1. The number of hydrogen-bond donors (Lipinski definition) is 1. The normalized spacial score (nSPS) is 13.5. The molecule has 7 nitrogen and oxygen atoms in total. The van der Waals surface area contributed by atoms with Gasteiger partial charge in [-0.1, -0.05) is 32.8 Å². The second kappa shape index (κ2) is 10.6. The van der Waals surface area contributed by atoms with Gasteiger partial charge in [-0.2, -0.15) is 12.7 Å². The maximum atomic E-state index is 12.9. The Bertz CT molecular complexity index is 1370. The standard InChI is InChI=1S/C28H37N3O4S/c1-6-9-19(10-7-2)26-24-14-12-21(28(32)29-36(33,34)30(3)4)18-25(24)31-16-8-11-20-17-22(35-5)13-15-23(20)27(26)31/h12-15,17-19H,6-11,16H2,1-5H3,(H,29,32). The number of hydrogen-bond acceptors (Lipinski definition) is 4. The molecule has 1 aliphatic rings. The van der Waals surface area contributed by atoms with Crippen molar-refractivity contribution in [2.45, 2.75) is 64.8 Å². The Morgan fingerprint density at radius 2 is 1.83 bits per heavy atom. The van der Waals surface area contributed by atoms with Crippen LogP contribution in [0.2, 0.25) is 0 Å². The van der Waals surface area contributed by atoms with Crippen LogP contribution in [-0.4, -0.2) is 44.4 Å². The fourth-order valence-electron chi connectivity index (χ4n) is 5.41. The molecule has 0 bridgehead atoms. The zero-order chi connectivity index (χ0) is 26.0. The van der Waals surface area contributed by atoms with Crippen molar-refractivity contribution in [2.24, 2.45) is 0 Å². The molecule has 0 saturated carbocycles. The smallest absolute Gasteiger partial charge is 0.303 e. The molecule has 1 aromatic heterocycles. The molecule has 0 radical (unpaired) electrons. The Morgan fingerprint density at radius 3 is 2.47 bits per heavy atom. The summed E-state index contributed by atoms with van der Waals surface area (Å²) in [7, 11) is 0.610. The summed E-state index contributed by atoms with van der Waals surface area (Å²) in [5.74, 6) is 0.639. The summed E-state index contributed by atoms with van der Waals surface area (Å²) in [6.07, 6.45) is 6.28. The molecule has 0 saturated heterocycles. The highest BCUT2D eigenvalue weighted by Crippen LogP contribution is 2.45. The van der Waals surface area contributed by atoms with E-state index in [0.29, 0.717) is 11.5 Å². The van der Waals surface area contributed by atoms with Crippen LogP contribution >= 0.6 is 0 Å². The first kappa shape index (κ1) is 26.2. The molecule has 3 aromatic rings. The average Bonchev–Trinajstić information content (AvgIpc) is 3.04. The highest BCUT2D eigenvalue weighted by Gasteiger charge is 2.28. The molecule has 2 aromatic carbocycles. The number of benzene rings is 2. The monoisotopic (exact) mass is 511 g/mol. The van der Waals surface area contributed by atoms with E-state index in [1.807, 2.05) is 18.2 Å². The lowest BCUT2D eigenvalue weighted by Gasteiger charge is -2.19. The van der Waals surface area contributed by atoms with Gasteiger partial charge in [0.2, 0.25) is 0 Å². The molecule has 1 N–H and O–H groups in total. The molecular formula is C28H37N3O4S. The van der Waals surface area contributed by atoms with Crippen LogP contribution in [0, 0.1) is 0 Å². The predicted molar refractivity (Wildman–Crippen MR) is 145 cm³/mol. The molecule has 8 heteroatoms. The molecule has 0 fully saturated rings. The topological polar surface area (TPSA) is 80.6 Å². The van der Waals surface area contributed by atoms with Crippen LogP contribution < -0.4 is 9.46 Å². The van der Waals surface area contributed by atoms with Crippen molar-refractivity contribution < 1.29 is 17.9 Å². The summed E-state index contributed by atoms with van der Waals surface area (Å²) >= 11 is 0. The Morgan fingerprint density at radius 1 is 1.11 bits per heavy atom. The van der Waals surface area contributed by atoms with Gasteiger partial charge in [-0.05, 0) is 73.1 Å². The number of aromatic nitrogens is 1. The van der Waals surface area contributed by atoms with Gasteiger partial charge in [0.05, 0.1) is 12.8 Å². The molecule has 1 aliphatic heterocycles. The zero-order valence-corrected chi connectivity index (χ0v) is 22.7. The number of carbonyl (C=O) groups excluding carboxylic acids is 1. The van der Waals surface area contributed by atoms with E-state index >= 15 is 0 Å². The van der Waals surface area contributed by atoms with Crippen LogP contribution in [-0.2, 0) is 23.2 Å². The van der Waals surface area contributed by atoms with E-state index in [4.69, 9.17) is 4.74 Å². The minimum Gasteiger partial charge on any atom is -0.497 e. The minimum absolute atomic E-state index is 0.335. The summed E-state index contributed by atoms with van der Waals surface area (Å²) < 4.78 is 35.5. The van der Waals surface area contributed by atoms with Crippen molar-refractivity contribution in [1.29, 1.82) is 0 Å². The second-order valence-electron chi connectivity index (χ2n) is 9.77. The first-order chi connectivity index (χ1) is 17.2. The van der Waals surface area contributed by atoms with Gasteiger partial charge in [-0.25, -0.2) is 4.72 Å². The Balaban J connectivity index is 1.95. The van der Waals surface area contributed by atoms with Crippen molar-refractivity contribution in [2.75, 3.05) is 21.2 Å². The first-order valence-electron chi connectivity index (χ1n) is 12.8. The van der Waals surface area contributed by atoms with Crippen LogP contribution in [0.5, 0.6) is 5.75 Å². The van der Waals surface area contributed by atoms with Gasteiger partial charge >= 0.3 is 10.2 Å². The number of amides is 1. The highest BCUT2D eigenvalue weighted by atomic mass is 32.2. The predicted octanol–water partition coefficient (Wildman–Crippen LogP) is 5.48. The summed E-state index contributed by atoms with van der Waals surface area (Å²) in [6, 6.07) is 11.9. The van der Waals surface area contributed by atoms with Gasteiger partial charge in [-0.3, -0.25) is 4.79 Å². The summed E-state index contributed by atoms with van der Waals surface area (Å²) in [5, 5.41) is 1.15. The van der Waals surface area contributed by atoms with E-state index in [1.54, 1.807) is 13.2 Å². The summed E-state index contributed by atoms with van der Waals surface area (Å²) in [6.45, 7) is 5.28. The molecule has 4 rings (SSSR count). The van der Waals surface area contributed by atoms with Crippen LogP contribution in [0.4, 0.5) is 0 Å². The van der Waals surface area contributed by atoms with Crippen molar-refractivity contribution in [3.8, 4) is 17.0 Å². The van der Waals surface area contributed by atoms with E-state index < -0.39 is 16.1 Å². The van der Waals surface area contributed by atoms with E-state index in [1.165, 1.54) is 36.5 Å². The fourth-order valence-corrected chi connectivity index (χ4v) is 5.95. The number of rotatable bonds is 9. The molecule has 2 heterocycles. The fraction of sp³-hybridized carbons (Fsp3) is 0.464. The molecule has 194 valence electrons. The van der Waals surface area contributed by atoms with Crippen LogP contribution in [0.25, 0.3) is 22.2 Å². The number of carbonyl (C=O) groups is 1. The minimum atomic E-state index is -3.88.